The molecule has 0 bridgehead atoms. The van der Waals surface area contributed by atoms with E-state index in [1.807, 2.05) is 30.2 Å². The summed E-state index contributed by atoms with van der Waals surface area (Å²) in [5.41, 5.74) is 3.98. The van der Waals surface area contributed by atoms with Crippen LogP contribution >= 0.6 is 12.4 Å². The number of benzene rings is 1. The fourth-order valence-electron chi connectivity index (χ4n) is 4.49. The fraction of sp³-hybridized carbons (Fsp3) is 0.458. The highest BCUT2D eigenvalue weighted by atomic mass is 35.5. The number of rotatable bonds is 4. The Hall–Kier alpha value is -2.80. The lowest BCUT2D eigenvalue weighted by atomic mass is 10.1. The molecule has 1 saturated carbocycles. The molecular formula is C24H29ClN4O3. The summed E-state index contributed by atoms with van der Waals surface area (Å²) in [7, 11) is 0. The number of pyridine rings is 1. The molecule has 0 spiro atoms. The zero-order chi connectivity index (χ0) is 21.5. The van der Waals surface area contributed by atoms with Crippen LogP contribution in [0.25, 0.3) is 0 Å². The van der Waals surface area contributed by atoms with Crippen molar-refractivity contribution in [3.05, 3.63) is 53.2 Å². The highest BCUT2D eigenvalue weighted by Gasteiger charge is 2.32. The highest BCUT2D eigenvalue weighted by molar-refractivity contribution is 5.96. The quantitative estimate of drug-likeness (QED) is 0.695. The number of piperazine rings is 1. The number of aryl methyl sites for hydroxylation is 1. The number of aromatic nitrogens is 1. The Labute approximate surface area is 194 Å². The maximum absolute atomic E-state index is 13.0. The van der Waals surface area contributed by atoms with Crippen molar-refractivity contribution in [1.29, 1.82) is 0 Å². The van der Waals surface area contributed by atoms with E-state index in [9.17, 15) is 9.59 Å². The summed E-state index contributed by atoms with van der Waals surface area (Å²) in [6.45, 7) is 7.36. The first-order valence-corrected chi connectivity index (χ1v) is 11.1. The average molecular weight is 457 g/mol. The van der Waals surface area contributed by atoms with Crippen molar-refractivity contribution >= 4 is 35.9 Å². The summed E-state index contributed by atoms with van der Waals surface area (Å²) in [6.07, 6.45) is 4.11. The Morgan fingerprint density at radius 3 is 2.38 bits per heavy atom. The molecule has 3 fully saturated rings. The maximum Gasteiger partial charge on any atom is 0.414 e. The molecule has 1 atom stereocenters. The van der Waals surface area contributed by atoms with Gasteiger partial charge in [-0.1, -0.05) is 6.07 Å². The second kappa shape index (κ2) is 8.98. The smallest absolute Gasteiger partial charge is 0.414 e. The molecule has 1 aromatic heterocycles. The number of carbonyl (C=O) groups is 2. The van der Waals surface area contributed by atoms with Crippen LogP contribution in [0.2, 0.25) is 0 Å². The van der Waals surface area contributed by atoms with Crippen LogP contribution in [0, 0.1) is 6.92 Å². The number of ether oxygens (including phenoxy) is 1. The number of cyclic esters (lactones) is 1. The van der Waals surface area contributed by atoms with Crippen molar-refractivity contribution in [3.8, 4) is 0 Å². The molecule has 2 aromatic rings. The van der Waals surface area contributed by atoms with Gasteiger partial charge in [-0.2, -0.15) is 0 Å². The third-order valence-corrected chi connectivity index (χ3v) is 6.39. The molecule has 5 rings (SSSR count). The minimum absolute atomic E-state index is 0. The monoisotopic (exact) mass is 456 g/mol. The van der Waals surface area contributed by atoms with Gasteiger partial charge in [-0.15, -0.1) is 12.4 Å². The summed E-state index contributed by atoms with van der Waals surface area (Å²) in [5.74, 6) is 1.77. The van der Waals surface area contributed by atoms with Crippen LogP contribution in [0.5, 0.6) is 0 Å². The minimum Gasteiger partial charge on any atom is -0.447 e. The van der Waals surface area contributed by atoms with Gasteiger partial charge in [-0.05, 0) is 68.0 Å². The molecule has 3 heterocycles. The van der Waals surface area contributed by atoms with Crippen molar-refractivity contribution in [2.45, 2.75) is 38.6 Å². The zero-order valence-electron chi connectivity index (χ0n) is 18.5. The van der Waals surface area contributed by atoms with Crippen LogP contribution in [0.15, 0.2) is 36.5 Å². The molecule has 0 radical (unpaired) electrons. The van der Waals surface area contributed by atoms with Gasteiger partial charge in [0.05, 0.1) is 6.04 Å². The predicted octanol–water partition coefficient (Wildman–Crippen LogP) is 4.00. The topological polar surface area (TPSA) is 66.0 Å². The van der Waals surface area contributed by atoms with Crippen LogP contribution in [0.3, 0.4) is 0 Å². The molecule has 7 nitrogen and oxygen atoms in total. The SMILES string of the molecule is Cc1cnc(N2CCN(C(=O)c3ccc(N4C(=O)OCC4C)cc3)CC2)c(C2CC2)c1.Cl. The Balaban J connectivity index is 0.00000245. The zero-order valence-corrected chi connectivity index (χ0v) is 19.3. The predicted molar refractivity (Wildman–Crippen MR) is 126 cm³/mol. The highest BCUT2D eigenvalue weighted by Crippen LogP contribution is 2.44. The summed E-state index contributed by atoms with van der Waals surface area (Å²) in [5, 5.41) is 0. The molecule has 2 amide bonds. The Kier molecular flexibility index (Phi) is 6.29. The molecule has 3 aliphatic rings. The van der Waals surface area contributed by atoms with Gasteiger partial charge < -0.3 is 14.5 Å². The molecule has 0 N–H and O–H groups in total. The summed E-state index contributed by atoms with van der Waals surface area (Å²) < 4.78 is 5.09. The molecule has 2 aliphatic heterocycles. The van der Waals surface area contributed by atoms with Crippen LogP contribution < -0.4 is 9.80 Å². The van der Waals surface area contributed by atoms with E-state index < -0.39 is 0 Å². The van der Waals surface area contributed by atoms with E-state index >= 15 is 0 Å². The van der Waals surface area contributed by atoms with E-state index in [0.29, 0.717) is 31.2 Å². The second-order valence-electron chi connectivity index (χ2n) is 8.82. The normalized spacial score (nSPS) is 20.8. The van der Waals surface area contributed by atoms with Crippen LogP contribution in [0.4, 0.5) is 16.3 Å². The summed E-state index contributed by atoms with van der Waals surface area (Å²) in [6, 6.07) is 9.52. The largest absolute Gasteiger partial charge is 0.447 e. The maximum atomic E-state index is 13.0. The number of anilines is 2. The first-order chi connectivity index (χ1) is 15.0. The number of nitrogens with zero attached hydrogens (tertiary/aromatic N) is 4. The van der Waals surface area contributed by atoms with Gasteiger partial charge in [0, 0.05) is 43.6 Å². The van der Waals surface area contributed by atoms with Gasteiger partial charge in [0.15, 0.2) is 0 Å². The Morgan fingerprint density at radius 2 is 1.78 bits per heavy atom. The van der Waals surface area contributed by atoms with Crippen molar-refractivity contribution in [3.63, 3.8) is 0 Å². The van der Waals surface area contributed by atoms with Gasteiger partial charge in [-0.3, -0.25) is 9.69 Å². The van der Waals surface area contributed by atoms with Crippen LogP contribution in [0.1, 0.15) is 47.2 Å². The molecule has 8 heteroatoms. The number of carbonyl (C=O) groups excluding carboxylic acids is 2. The number of hydrogen-bond donors (Lipinski definition) is 0. The van der Waals surface area contributed by atoms with E-state index in [4.69, 9.17) is 9.72 Å². The lowest BCUT2D eigenvalue weighted by Gasteiger charge is -2.36. The molecular weight excluding hydrogens is 428 g/mol. The van der Waals surface area contributed by atoms with Gasteiger partial charge in [-0.25, -0.2) is 9.78 Å². The van der Waals surface area contributed by atoms with E-state index in [-0.39, 0.29) is 30.4 Å². The lowest BCUT2D eigenvalue weighted by Crippen LogP contribution is -2.49. The van der Waals surface area contributed by atoms with Crippen molar-refractivity contribution in [2.75, 3.05) is 42.6 Å². The van der Waals surface area contributed by atoms with Crippen LogP contribution in [-0.4, -0.2) is 60.7 Å². The summed E-state index contributed by atoms with van der Waals surface area (Å²) in [4.78, 5) is 35.5. The first-order valence-electron chi connectivity index (χ1n) is 11.1. The van der Waals surface area contributed by atoms with Crippen molar-refractivity contribution < 1.29 is 14.3 Å². The number of halogens is 1. The molecule has 1 aliphatic carbocycles. The van der Waals surface area contributed by atoms with Gasteiger partial charge >= 0.3 is 6.09 Å². The number of amides is 2. The van der Waals surface area contributed by atoms with E-state index in [1.54, 1.807) is 17.0 Å². The second-order valence-corrected chi connectivity index (χ2v) is 8.82. The summed E-state index contributed by atoms with van der Waals surface area (Å²) >= 11 is 0. The van der Waals surface area contributed by atoms with E-state index in [1.165, 1.54) is 24.0 Å². The van der Waals surface area contributed by atoms with Gasteiger partial charge in [0.2, 0.25) is 0 Å². The Morgan fingerprint density at radius 1 is 1.09 bits per heavy atom. The molecule has 32 heavy (non-hydrogen) atoms. The molecule has 1 unspecified atom stereocenters. The van der Waals surface area contributed by atoms with Crippen molar-refractivity contribution in [2.24, 2.45) is 0 Å². The Bertz CT molecular complexity index is 1000. The standard InChI is InChI=1S/C24H28N4O3.ClH/c1-16-13-21(18-3-4-18)22(25-14-16)26-9-11-27(12-10-26)23(29)19-5-7-20(8-6-19)28-17(2)15-31-24(28)30;/h5-8,13-14,17-18H,3-4,9-12,15H2,1-2H3;1H. The van der Waals surface area contributed by atoms with Crippen LogP contribution in [-0.2, 0) is 4.74 Å². The van der Waals surface area contributed by atoms with E-state index in [2.05, 4.69) is 17.9 Å². The van der Waals surface area contributed by atoms with E-state index in [0.717, 1.165) is 24.6 Å². The van der Waals surface area contributed by atoms with Gasteiger partial charge in [0.25, 0.3) is 5.91 Å². The average Bonchev–Trinajstić information content (AvgIpc) is 3.58. The minimum atomic E-state index is -0.335. The molecule has 2 saturated heterocycles. The molecule has 170 valence electrons. The first kappa shape index (κ1) is 22.4. The molecule has 1 aromatic carbocycles. The fourth-order valence-corrected chi connectivity index (χ4v) is 4.49. The van der Waals surface area contributed by atoms with Gasteiger partial charge in [0.1, 0.15) is 12.4 Å². The van der Waals surface area contributed by atoms with Crippen molar-refractivity contribution in [1.82, 2.24) is 9.88 Å². The third-order valence-electron chi connectivity index (χ3n) is 6.39. The number of hydrogen-bond acceptors (Lipinski definition) is 5. The lowest BCUT2D eigenvalue weighted by molar-refractivity contribution is 0.0746. The third kappa shape index (κ3) is 4.26.